The van der Waals surface area contributed by atoms with E-state index in [1.54, 1.807) is 41.3 Å². The van der Waals surface area contributed by atoms with Gasteiger partial charge in [0, 0.05) is 44.8 Å². The maximum atomic E-state index is 14.0. The lowest BCUT2D eigenvalue weighted by Crippen LogP contribution is -2.48. The number of rotatable bonds is 3. The Morgan fingerprint density at radius 1 is 1.03 bits per heavy atom. The van der Waals surface area contributed by atoms with Crippen molar-refractivity contribution in [3.63, 3.8) is 0 Å². The zero-order valence-electron chi connectivity index (χ0n) is 16.5. The molecule has 2 aromatic rings. The minimum absolute atomic E-state index is 0.0183. The first-order valence-electron chi connectivity index (χ1n) is 9.71. The van der Waals surface area contributed by atoms with Crippen molar-refractivity contribution < 1.29 is 17.6 Å². The lowest BCUT2D eigenvalue weighted by atomic mass is 10.1. The minimum atomic E-state index is -3.65. The van der Waals surface area contributed by atoms with Crippen LogP contribution in [0, 0.1) is 5.82 Å². The first-order valence-corrected chi connectivity index (χ1v) is 11.2. The quantitative estimate of drug-likeness (QED) is 0.770. The van der Waals surface area contributed by atoms with Crippen molar-refractivity contribution in [2.45, 2.75) is 31.2 Å². The number of hydrogen-bond acceptors (Lipinski definition) is 4. The first kappa shape index (κ1) is 19.8. The maximum Gasteiger partial charge on any atom is 0.243 e. The van der Waals surface area contributed by atoms with E-state index in [1.807, 2.05) is 11.8 Å². The van der Waals surface area contributed by atoms with E-state index in [1.165, 1.54) is 17.3 Å². The number of hydrogen-bond donors (Lipinski definition) is 0. The van der Waals surface area contributed by atoms with E-state index in [9.17, 15) is 17.6 Å². The molecule has 0 N–H and O–H groups in total. The largest absolute Gasteiger partial charge is 0.367 e. The van der Waals surface area contributed by atoms with Gasteiger partial charge in [-0.2, -0.15) is 4.31 Å². The van der Waals surface area contributed by atoms with Crippen LogP contribution in [-0.4, -0.2) is 50.9 Å². The number of fused-ring (bicyclic) bond motifs is 1. The molecule has 154 valence electrons. The molecule has 2 aliphatic heterocycles. The summed E-state index contributed by atoms with van der Waals surface area (Å²) in [6.45, 7) is 4.93. The summed E-state index contributed by atoms with van der Waals surface area (Å²) in [6.07, 6.45) is 0.638. The zero-order chi connectivity index (χ0) is 20.8. The van der Waals surface area contributed by atoms with Crippen molar-refractivity contribution in [2.24, 2.45) is 0 Å². The van der Waals surface area contributed by atoms with Crippen LogP contribution in [0.4, 0.5) is 15.8 Å². The van der Waals surface area contributed by atoms with Gasteiger partial charge in [0.25, 0.3) is 0 Å². The van der Waals surface area contributed by atoms with Crippen LogP contribution in [0.15, 0.2) is 47.4 Å². The van der Waals surface area contributed by atoms with Crippen molar-refractivity contribution in [1.29, 1.82) is 0 Å². The van der Waals surface area contributed by atoms with Crippen LogP contribution in [0.3, 0.4) is 0 Å². The molecule has 4 rings (SSSR count). The number of carbonyl (C=O) groups excluding carboxylic acids is 1. The van der Waals surface area contributed by atoms with Gasteiger partial charge in [-0.15, -0.1) is 0 Å². The highest BCUT2D eigenvalue weighted by atomic mass is 32.2. The van der Waals surface area contributed by atoms with Crippen LogP contribution in [0.1, 0.15) is 19.4 Å². The van der Waals surface area contributed by atoms with E-state index in [2.05, 4.69) is 0 Å². The van der Waals surface area contributed by atoms with Gasteiger partial charge in [-0.05, 0) is 49.2 Å². The first-order chi connectivity index (χ1) is 13.8. The maximum absolute atomic E-state index is 14.0. The summed E-state index contributed by atoms with van der Waals surface area (Å²) in [5.74, 6) is -0.345. The van der Waals surface area contributed by atoms with Crippen molar-refractivity contribution in [1.82, 2.24) is 4.31 Å². The van der Waals surface area contributed by atoms with Gasteiger partial charge in [0.2, 0.25) is 15.9 Å². The fourth-order valence-corrected chi connectivity index (χ4v) is 5.75. The molecule has 1 amide bonds. The average molecular weight is 418 g/mol. The van der Waals surface area contributed by atoms with Crippen molar-refractivity contribution in [3.8, 4) is 0 Å². The number of sulfonamides is 1. The lowest BCUT2D eigenvalue weighted by Gasteiger charge is -2.35. The normalized spacial score (nSPS) is 20.0. The van der Waals surface area contributed by atoms with Gasteiger partial charge in [-0.25, -0.2) is 12.8 Å². The van der Waals surface area contributed by atoms with Crippen molar-refractivity contribution in [2.75, 3.05) is 36.0 Å². The number of benzene rings is 2. The number of nitrogens with zero attached hydrogens (tertiary/aromatic N) is 3. The number of carbonyl (C=O) groups is 1. The third-order valence-corrected chi connectivity index (χ3v) is 7.57. The second-order valence-corrected chi connectivity index (χ2v) is 9.51. The molecular weight excluding hydrogens is 393 g/mol. The predicted molar refractivity (Wildman–Crippen MR) is 110 cm³/mol. The summed E-state index contributed by atoms with van der Waals surface area (Å²) in [4.78, 5) is 15.7. The summed E-state index contributed by atoms with van der Waals surface area (Å²) < 4.78 is 41.8. The highest BCUT2D eigenvalue weighted by Gasteiger charge is 2.33. The van der Waals surface area contributed by atoms with E-state index < -0.39 is 10.0 Å². The molecule has 0 aliphatic carbocycles. The van der Waals surface area contributed by atoms with Crippen molar-refractivity contribution >= 4 is 27.3 Å². The molecule has 6 nitrogen and oxygen atoms in total. The molecule has 0 unspecified atom stereocenters. The highest BCUT2D eigenvalue weighted by Crippen LogP contribution is 2.34. The molecule has 1 fully saturated rings. The number of anilines is 2. The van der Waals surface area contributed by atoms with Crippen LogP contribution in [0.2, 0.25) is 0 Å². The fraction of sp³-hybridized carbons (Fsp3) is 0.381. The van der Waals surface area contributed by atoms with Gasteiger partial charge in [0.05, 0.1) is 10.6 Å². The third-order valence-electron chi connectivity index (χ3n) is 5.68. The molecule has 8 heteroatoms. The van der Waals surface area contributed by atoms with E-state index >= 15 is 0 Å². The lowest BCUT2D eigenvalue weighted by molar-refractivity contribution is -0.116. The summed E-state index contributed by atoms with van der Waals surface area (Å²) in [5.41, 5.74) is 2.16. The van der Waals surface area contributed by atoms with Crippen LogP contribution < -0.4 is 9.80 Å². The molecule has 0 bridgehead atoms. The molecule has 0 spiro atoms. The Labute approximate surface area is 170 Å². The van der Waals surface area contributed by atoms with E-state index in [-0.39, 0.29) is 22.7 Å². The topological polar surface area (TPSA) is 60.9 Å². The molecule has 2 aromatic carbocycles. The SMILES string of the molecule is CC(=O)N1c2ccc(S(=O)(=O)N3CCN(c4ccccc4F)CC3)cc2C[C@@H]1C. The second kappa shape index (κ2) is 7.42. The van der Waals surface area contributed by atoms with Gasteiger partial charge in [-0.3, -0.25) is 4.79 Å². The third kappa shape index (κ3) is 3.51. The van der Waals surface area contributed by atoms with E-state index in [4.69, 9.17) is 0 Å². The van der Waals surface area contributed by atoms with E-state index in [0.717, 1.165) is 11.3 Å². The monoisotopic (exact) mass is 417 g/mol. The standard InChI is InChI=1S/C21H24FN3O3S/c1-15-13-17-14-18(7-8-20(17)25(15)16(2)26)29(27,28)24-11-9-23(10-12-24)21-6-4-3-5-19(21)22/h3-8,14-15H,9-13H2,1-2H3/t15-/m0/s1. The molecule has 0 radical (unpaired) electrons. The van der Waals surface area contributed by atoms with Crippen LogP contribution in [-0.2, 0) is 21.2 Å². The Morgan fingerprint density at radius 2 is 1.72 bits per heavy atom. The van der Waals surface area contributed by atoms with Crippen LogP contribution >= 0.6 is 0 Å². The molecule has 1 saturated heterocycles. The summed E-state index contributed by atoms with van der Waals surface area (Å²) >= 11 is 0. The Morgan fingerprint density at radius 3 is 2.38 bits per heavy atom. The molecule has 0 aromatic heterocycles. The second-order valence-electron chi connectivity index (χ2n) is 7.58. The molecule has 1 atom stereocenters. The minimum Gasteiger partial charge on any atom is -0.367 e. The number of para-hydroxylation sites is 1. The van der Waals surface area contributed by atoms with Gasteiger partial charge in [0.1, 0.15) is 5.82 Å². The summed E-state index contributed by atoms with van der Waals surface area (Å²) in [7, 11) is -3.65. The zero-order valence-corrected chi connectivity index (χ0v) is 17.3. The van der Waals surface area contributed by atoms with Gasteiger partial charge >= 0.3 is 0 Å². The molecule has 0 saturated carbocycles. The van der Waals surface area contributed by atoms with Gasteiger partial charge in [0.15, 0.2) is 0 Å². The summed E-state index contributed by atoms with van der Waals surface area (Å²) in [6, 6.07) is 11.5. The predicted octanol–water partition coefficient (Wildman–Crippen LogP) is 2.63. The Hall–Kier alpha value is -2.45. The van der Waals surface area contributed by atoms with E-state index in [0.29, 0.717) is 38.3 Å². The molecule has 29 heavy (non-hydrogen) atoms. The smallest absolute Gasteiger partial charge is 0.243 e. The number of halogens is 1. The average Bonchev–Trinajstić information content (AvgIpc) is 3.03. The molecule has 2 heterocycles. The fourth-order valence-electron chi connectivity index (χ4n) is 4.27. The van der Waals surface area contributed by atoms with Crippen molar-refractivity contribution in [3.05, 3.63) is 53.8 Å². The Kier molecular flexibility index (Phi) is 5.08. The molecular formula is C21H24FN3O3S. The molecule has 2 aliphatic rings. The number of amides is 1. The van der Waals surface area contributed by atoms with Crippen LogP contribution in [0.25, 0.3) is 0 Å². The highest BCUT2D eigenvalue weighted by molar-refractivity contribution is 7.89. The van der Waals surface area contributed by atoms with Crippen LogP contribution in [0.5, 0.6) is 0 Å². The Balaban J connectivity index is 1.53. The number of piperazine rings is 1. The van der Waals surface area contributed by atoms with Gasteiger partial charge < -0.3 is 9.80 Å². The Bertz CT molecular complexity index is 1050. The van der Waals surface area contributed by atoms with Gasteiger partial charge in [-0.1, -0.05) is 12.1 Å². The summed E-state index contributed by atoms with van der Waals surface area (Å²) in [5, 5.41) is 0.